The molecule has 3 heteroatoms. The van der Waals surface area contributed by atoms with Crippen LogP contribution in [0.4, 0.5) is 0 Å². The zero-order valence-corrected chi connectivity index (χ0v) is 5.85. The molecular weight excluding hydrogens is 138 g/mol. The summed E-state index contributed by atoms with van der Waals surface area (Å²) >= 11 is 5.50. The lowest BCUT2D eigenvalue weighted by Gasteiger charge is -1.94. The molecule has 2 N–H and O–H groups in total. The highest BCUT2D eigenvalue weighted by Gasteiger charge is 2.03. The smallest absolute Gasteiger partial charge is 0.139 e. The first-order chi connectivity index (χ1) is 4.20. The lowest BCUT2D eigenvalue weighted by Crippen LogP contribution is -1.99. The highest BCUT2D eigenvalue weighted by atomic mass is 35.5. The first-order valence-electron chi connectivity index (χ1n) is 2.66. The van der Waals surface area contributed by atoms with Gasteiger partial charge < -0.3 is 10.2 Å². The van der Waals surface area contributed by atoms with E-state index in [2.05, 4.69) is 0 Å². The van der Waals surface area contributed by atoms with Crippen LogP contribution in [0.3, 0.4) is 0 Å². The third kappa shape index (κ3) is 1.47. The van der Waals surface area contributed by atoms with E-state index in [4.69, 9.17) is 21.8 Å². The van der Waals surface area contributed by atoms with Gasteiger partial charge in [0, 0.05) is 0 Å². The third-order valence-electron chi connectivity index (χ3n) is 1.03. The van der Waals surface area contributed by atoms with Gasteiger partial charge in [-0.2, -0.15) is 0 Å². The highest BCUT2D eigenvalue weighted by molar-refractivity contribution is 6.20. The second-order valence-corrected chi connectivity index (χ2v) is 2.32. The van der Waals surface area contributed by atoms with Crippen LogP contribution in [0.25, 0.3) is 0 Å². The number of hydrogen-bond donors (Lipinski definition) is 1. The van der Waals surface area contributed by atoms with Crippen molar-refractivity contribution in [1.82, 2.24) is 0 Å². The summed E-state index contributed by atoms with van der Waals surface area (Å²) in [5, 5.41) is 0. The van der Waals surface area contributed by atoms with Crippen LogP contribution >= 0.6 is 11.6 Å². The van der Waals surface area contributed by atoms with E-state index < -0.39 is 5.50 Å². The Labute approximate surface area is 58.6 Å². The molecule has 0 aliphatic carbocycles. The Morgan fingerprint density at radius 1 is 1.67 bits per heavy atom. The summed E-state index contributed by atoms with van der Waals surface area (Å²) < 4.78 is 5.09. The predicted molar refractivity (Wildman–Crippen MR) is 36.2 cm³/mol. The molecule has 9 heavy (non-hydrogen) atoms. The van der Waals surface area contributed by atoms with Gasteiger partial charge in [0.2, 0.25) is 0 Å². The van der Waals surface area contributed by atoms with Crippen LogP contribution in [-0.4, -0.2) is 0 Å². The van der Waals surface area contributed by atoms with Gasteiger partial charge in [0.05, 0.1) is 0 Å². The van der Waals surface area contributed by atoms with Crippen LogP contribution in [0, 0.1) is 6.92 Å². The van der Waals surface area contributed by atoms with Gasteiger partial charge in [0.25, 0.3) is 0 Å². The molecule has 1 unspecified atom stereocenters. The lowest BCUT2D eigenvalue weighted by atomic mass is 10.4. The summed E-state index contributed by atoms with van der Waals surface area (Å²) in [5.41, 5.74) is 4.78. The molecule has 0 amide bonds. The third-order valence-corrected chi connectivity index (χ3v) is 1.25. The fraction of sp³-hybridized carbons (Fsp3) is 0.333. The Bertz CT molecular complexity index is 195. The molecule has 1 atom stereocenters. The number of hydrogen-bond acceptors (Lipinski definition) is 2. The number of aryl methyl sites for hydroxylation is 1. The maximum Gasteiger partial charge on any atom is 0.139 e. The van der Waals surface area contributed by atoms with Crippen LogP contribution in [0.2, 0.25) is 0 Å². The van der Waals surface area contributed by atoms with Crippen molar-refractivity contribution in [2.75, 3.05) is 0 Å². The van der Waals surface area contributed by atoms with Crippen molar-refractivity contribution in [3.8, 4) is 0 Å². The summed E-state index contributed by atoms with van der Waals surface area (Å²) in [6, 6.07) is 3.60. The van der Waals surface area contributed by atoms with Gasteiger partial charge in [-0.1, -0.05) is 11.6 Å². The normalized spacial score (nSPS) is 13.7. The van der Waals surface area contributed by atoms with E-state index >= 15 is 0 Å². The molecule has 0 bridgehead atoms. The molecular formula is C6H8ClNO. The summed E-state index contributed by atoms with van der Waals surface area (Å²) in [6.07, 6.45) is 0. The van der Waals surface area contributed by atoms with Crippen molar-refractivity contribution in [2.24, 2.45) is 5.73 Å². The summed E-state index contributed by atoms with van der Waals surface area (Å²) in [4.78, 5) is 0. The Morgan fingerprint density at radius 3 is 2.56 bits per heavy atom. The van der Waals surface area contributed by atoms with Crippen molar-refractivity contribution in [1.29, 1.82) is 0 Å². The van der Waals surface area contributed by atoms with Crippen molar-refractivity contribution >= 4 is 11.6 Å². The maximum atomic E-state index is 5.50. The highest BCUT2D eigenvalue weighted by Crippen LogP contribution is 2.16. The fourth-order valence-corrected chi connectivity index (χ4v) is 0.719. The van der Waals surface area contributed by atoms with Gasteiger partial charge >= 0.3 is 0 Å². The zero-order valence-electron chi connectivity index (χ0n) is 5.10. The van der Waals surface area contributed by atoms with Gasteiger partial charge in [0.1, 0.15) is 17.0 Å². The molecule has 0 spiro atoms. The van der Waals surface area contributed by atoms with Crippen LogP contribution in [0.1, 0.15) is 17.0 Å². The van der Waals surface area contributed by atoms with E-state index in [1.807, 2.05) is 13.0 Å². The van der Waals surface area contributed by atoms with Crippen LogP contribution in [0.15, 0.2) is 16.5 Å². The van der Waals surface area contributed by atoms with E-state index in [1.54, 1.807) is 6.07 Å². The minimum atomic E-state index is -0.515. The Morgan fingerprint density at radius 2 is 2.33 bits per heavy atom. The minimum absolute atomic E-state index is 0.515. The van der Waals surface area contributed by atoms with Crippen molar-refractivity contribution in [3.63, 3.8) is 0 Å². The molecule has 0 aliphatic heterocycles. The van der Waals surface area contributed by atoms with E-state index in [9.17, 15) is 0 Å². The molecule has 0 saturated heterocycles. The first-order valence-corrected chi connectivity index (χ1v) is 3.10. The summed E-state index contributed by atoms with van der Waals surface area (Å²) in [6.45, 7) is 1.85. The predicted octanol–water partition coefficient (Wildman–Crippen LogP) is 1.78. The molecule has 0 aromatic carbocycles. The maximum absolute atomic E-state index is 5.50. The largest absolute Gasteiger partial charge is 0.463 e. The zero-order chi connectivity index (χ0) is 6.85. The minimum Gasteiger partial charge on any atom is -0.463 e. The SMILES string of the molecule is Cc1ccc(C(N)Cl)o1. The molecule has 1 aromatic heterocycles. The van der Waals surface area contributed by atoms with E-state index in [-0.39, 0.29) is 0 Å². The summed E-state index contributed by atoms with van der Waals surface area (Å²) in [5.74, 6) is 1.45. The molecule has 0 fully saturated rings. The van der Waals surface area contributed by atoms with E-state index in [0.29, 0.717) is 5.76 Å². The fourth-order valence-electron chi connectivity index (χ4n) is 0.602. The lowest BCUT2D eigenvalue weighted by molar-refractivity contribution is 0.480. The second kappa shape index (κ2) is 2.42. The molecule has 50 valence electrons. The standard InChI is InChI=1S/C6H8ClNO/c1-4-2-3-5(9-4)6(7)8/h2-3,6H,8H2,1H3. The second-order valence-electron chi connectivity index (χ2n) is 1.85. The molecule has 0 radical (unpaired) electrons. The Kier molecular flexibility index (Phi) is 1.78. The van der Waals surface area contributed by atoms with Crippen LogP contribution < -0.4 is 5.73 Å². The average molecular weight is 146 g/mol. The number of alkyl halides is 1. The molecule has 1 aromatic rings. The monoisotopic (exact) mass is 145 g/mol. The molecule has 1 rings (SSSR count). The van der Waals surface area contributed by atoms with Crippen molar-refractivity contribution in [2.45, 2.75) is 12.4 Å². The number of nitrogens with two attached hydrogens (primary N) is 1. The van der Waals surface area contributed by atoms with Gasteiger partial charge in [0.15, 0.2) is 0 Å². The van der Waals surface area contributed by atoms with Gasteiger partial charge in [-0.15, -0.1) is 0 Å². The number of halogens is 1. The molecule has 1 heterocycles. The van der Waals surface area contributed by atoms with Gasteiger partial charge in [-0.3, -0.25) is 0 Å². The average Bonchev–Trinajstić information content (AvgIpc) is 2.14. The Hall–Kier alpha value is -0.470. The van der Waals surface area contributed by atoms with Crippen molar-refractivity contribution in [3.05, 3.63) is 23.7 Å². The quantitative estimate of drug-likeness (QED) is 0.483. The molecule has 0 aliphatic rings. The van der Waals surface area contributed by atoms with Crippen molar-refractivity contribution < 1.29 is 4.42 Å². The van der Waals surface area contributed by atoms with E-state index in [0.717, 1.165) is 5.76 Å². The van der Waals surface area contributed by atoms with Gasteiger partial charge in [-0.25, -0.2) is 0 Å². The van der Waals surface area contributed by atoms with Crippen LogP contribution in [-0.2, 0) is 0 Å². The Balaban J connectivity index is 2.85. The summed E-state index contributed by atoms with van der Waals surface area (Å²) in [7, 11) is 0. The van der Waals surface area contributed by atoms with E-state index in [1.165, 1.54) is 0 Å². The first kappa shape index (κ1) is 6.65. The van der Waals surface area contributed by atoms with Crippen LogP contribution in [0.5, 0.6) is 0 Å². The molecule has 2 nitrogen and oxygen atoms in total. The van der Waals surface area contributed by atoms with Gasteiger partial charge in [-0.05, 0) is 19.1 Å². The number of furan rings is 1. The molecule has 0 saturated carbocycles. The topological polar surface area (TPSA) is 39.2 Å². The number of rotatable bonds is 1.